The lowest BCUT2D eigenvalue weighted by Gasteiger charge is -2.11. The largest absolute Gasteiger partial charge is 0.493 e. The lowest BCUT2D eigenvalue weighted by molar-refractivity contribution is 0.280. The van der Waals surface area contributed by atoms with Crippen LogP contribution in [0.2, 0.25) is 0 Å². The maximum Gasteiger partial charge on any atom is 0.162 e. The molecular weight excluding hydrogens is 254 g/mol. The van der Waals surface area contributed by atoms with Crippen LogP contribution in [0.4, 0.5) is 5.69 Å². The van der Waals surface area contributed by atoms with Gasteiger partial charge in [-0.1, -0.05) is 0 Å². The molecule has 5 nitrogen and oxygen atoms in total. The van der Waals surface area contributed by atoms with Gasteiger partial charge in [0.05, 0.1) is 24.4 Å². The average molecular weight is 269 g/mol. The van der Waals surface area contributed by atoms with Gasteiger partial charge in [0.2, 0.25) is 0 Å². The second-order valence-corrected chi connectivity index (χ2v) is 4.05. The van der Waals surface area contributed by atoms with Crippen LogP contribution in [0.1, 0.15) is 11.3 Å². The van der Waals surface area contributed by atoms with E-state index in [1.807, 2.05) is 19.2 Å². The summed E-state index contributed by atoms with van der Waals surface area (Å²) >= 11 is 0. The normalized spacial score (nSPS) is 9.65. The zero-order chi connectivity index (χ0) is 14.4. The van der Waals surface area contributed by atoms with E-state index in [4.69, 9.17) is 14.7 Å². The number of hydrogen-bond acceptors (Lipinski definition) is 5. The SMILES string of the molecule is CNc1ccnc(COc2ccc(C#N)cc2OC)c1. The van der Waals surface area contributed by atoms with Gasteiger partial charge in [-0.25, -0.2) is 0 Å². The maximum atomic E-state index is 8.85. The monoisotopic (exact) mass is 269 g/mol. The van der Waals surface area contributed by atoms with Crippen molar-refractivity contribution in [3.05, 3.63) is 47.8 Å². The maximum absolute atomic E-state index is 8.85. The van der Waals surface area contributed by atoms with Crippen molar-refractivity contribution in [2.24, 2.45) is 0 Å². The number of anilines is 1. The summed E-state index contributed by atoms with van der Waals surface area (Å²) in [6.07, 6.45) is 1.72. The predicted octanol–water partition coefficient (Wildman–Crippen LogP) is 2.58. The average Bonchev–Trinajstić information content (AvgIpc) is 2.52. The molecule has 0 saturated heterocycles. The molecular formula is C15H15N3O2. The van der Waals surface area contributed by atoms with Gasteiger partial charge in [-0.05, 0) is 24.3 Å². The minimum atomic E-state index is 0.331. The molecule has 0 aliphatic rings. The Hall–Kier alpha value is -2.74. The van der Waals surface area contributed by atoms with Gasteiger partial charge < -0.3 is 14.8 Å². The molecule has 0 unspecified atom stereocenters. The van der Waals surface area contributed by atoms with Crippen molar-refractivity contribution in [3.8, 4) is 17.6 Å². The van der Waals surface area contributed by atoms with E-state index in [0.717, 1.165) is 11.4 Å². The summed E-state index contributed by atoms with van der Waals surface area (Å²) in [5, 5.41) is 11.9. The molecule has 1 aromatic carbocycles. The fourth-order valence-corrected chi connectivity index (χ4v) is 1.72. The van der Waals surface area contributed by atoms with Gasteiger partial charge in [0, 0.05) is 25.0 Å². The van der Waals surface area contributed by atoms with Gasteiger partial charge in [-0.2, -0.15) is 5.26 Å². The van der Waals surface area contributed by atoms with E-state index in [-0.39, 0.29) is 0 Å². The van der Waals surface area contributed by atoms with Crippen LogP contribution in [0.25, 0.3) is 0 Å². The molecule has 2 rings (SSSR count). The summed E-state index contributed by atoms with van der Waals surface area (Å²) in [5.74, 6) is 1.12. The third-order valence-corrected chi connectivity index (χ3v) is 2.77. The second kappa shape index (κ2) is 6.43. The van der Waals surface area contributed by atoms with Crippen LogP contribution in [0.15, 0.2) is 36.5 Å². The highest BCUT2D eigenvalue weighted by Crippen LogP contribution is 2.28. The first kappa shape index (κ1) is 13.7. The molecule has 0 bridgehead atoms. The van der Waals surface area contributed by atoms with E-state index >= 15 is 0 Å². The number of nitrogens with one attached hydrogen (secondary N) is 1. The van der Waals surface area contributed by atoms with Crippen molar-refractivity contribution in [1.29, 1.82) is 5.26 Å². The second-order valence-electron chi connectivity index (χ2n) is 4.05. The van der Waals surface area contributed by atoms with E-state index < -0.39 is 0 Å². The Labute approximate surface area is 117 Å². The summed E-state index contributed by atoms with van der Waals surface area (Å²) in [4.78, 5) is 4.23. The molecule has 5 heteroatoms. The Morgan fingerprint density at radius 3 is 2.80 bits per heavy atom. The Balaban J connectivity index is 2.12. The first-order valence-electron chi connectivity index (χ1n) is 6.10. The molecule has 1 heterocycles. The van der Waals surface area contributed by atoms with Crippen molar-refractivity contribution in [2.45, 2.75) is 6.61 Å². The Bertz CT molecular complexity index is 635. The van der Waals surface area contributed by atoms with Gasteiger partial charge in [0.15, 0.2) is 11.5 Å². The molecule has 0 fully saturated rings. The van der Waals surface area contributed by atoms with Gasteiger partial charge in [0.25, 0.3) is 0 Å². The van der Waals surface area contributed by atoms with Gasteiger partial charge in [-0.15, -0.1) is 0 Å². The quantitative estimate of drug-likeness (QED) is 0.903. The molecule has 0 spiro atoms. The number of rotatable bonds is 5. The van der Waals surface area contributed by atoms with E-state index in [1.165, 1.54) is 0 Å². The number of ether oxygens (including phenoxy) is 2. The van der Waals surface area contributed by atoms with Gasteiger partial charge in [0.1, 0.15) is 6.61 Å². The zero-order valence-electron chi connectivity index (χ0n) is 11.4. The van der Waals surface area contributed by atoms with Crippen LogP contribution in [0.3, 0.4) is 0 Å². The molecule has 0 atom stereocenters. The predicted molar refractivity (Wildman–Crippen MR) is 75.8 cm³/mol. The summed E-state index contributed by atoms with van der Waals surface area (Å²) in [7, 11) is 3.40. The molecule has 1 N–H and O–H groups in total. The standard InChI is InChI=1S/C15H15N3O2/c1-17-12-5-6-18-13(8-12)10-20-14-4-3-11(9-16)7-15(14)19-2/h3-8H,10H2,1-2H3,(H,17,18). The molecule has 2 aromatic rings. The van der Waals surface area contributed by atoms with Crippen LogP contribution in [0.5, 0.6) is 11.5 Å². The Kier molecular flexibility index (Phi) is 4.40. The van der Waals surface area contributed by atoms with Crippen LogP contribution >= 0.6 is 0 Å². The molecule has 20 heavy (non-hydrogen) atoms. The van der Waals surface area contributed by atoms with Crippen LogP contribution < -0.4 is 14.8 Å². The lowest BCUT2D eigenvalue weighted by atomic mass is 10.2. The van der Waals surface area contributed by atoms with Crippen molar-refractivity contribution in [2.75, 3.05) is 19.5 Å². The van der Waals surface area contributed by atoms with E-state index in [1.54, 1.807) is 31.5 Å². The number of aromatic nitrogens is 1. The smallest absolute Gasteiger partial charge is 0.162 e. The zero-order valence-corrected chi connectivity index (χ0v) is 11.4. The summed E-state index contributed by atoms with van der Waals surface area (Å²) in [5.41, 5.74) is 2.32. The van der Waals surface area contributed by atoms with Crippen molar-refractivity contribution < 1.29 is 9.47 Å². The third kappa shape index (κ3) is 3.18. The van der Waals surface area contributed by atoms with Crippen LogP contribution in [-0.4, -0.2) is 19.1 Å². The number of methoxy groups -OCH3 is 1. The fourth-order valence-electron chi connectivity index (χ4n) is 1.72. The lowest BCUT2D eigenvalue weighted by Crippen LogP contribution is -2.01. The number of benzene rings is 1. The van der Waals surface area contributed by atoms with Crippen LogP contribution in [-0.2, 0) is 6.61 Å². The molecule has 0 radical (unpaired) electrons. The minimum Gasteiger partial charge on any atom is -0.493 e. The topological polar surface area (TPSA) is 67.2 Å². The number of nitrogens with zero attached hydrogens (tertiary/aromatic N) is 2. The first-order chi connectivity index (χ1) is 9.76. The molecule has 0 aliphatic carbocycles. The van der Waals surface area contributed by atoms with Crippen molar-refractivity contribution in [3.63, 3.8) is 0 Å². The van der Waals surface area contributed by atoms with Crippen molar-refractivity contribution >= 4 is 5.69 Å². The number of nitriles is 1. The highest BCUT2D eigenvalue weighted by molar-refractivity contribution is 5.47. The van der Waals surface area contributed by atoms with E-state index in [9.17, 15) is 0 Å². The van der Waals surface area contributed by atoms with Crippen molar-refractivity contribution in [1.82, 2.24) is 4.98 Å². The molecule has 102 valence electrons. The summed E-state index contributed by atoms with van der Waals surface area (Å²) in [6, 6.07) is 10.9. The molecule has 1 aromatic heterocycles. The highest BCUT2D eigenvalue weighted by atomic mass is 16.5. The van der Waals surface area contributed by atoms with E-state index in [0.29, 0.717) is 23.7 Å². The Morgan fingerprint density at radius 2 is 2.10 bits per heavy atom. The van der Waals surface area contributed by atoms with Gasteiger partial charge >= 0.3 is 0 Å². The van der Waals surface area contributed by atoms with Gasteiger partial charge in [-0.3, -0.25) is 4.98 Å². The van der Waals surface area contributed by atoms with Crippen LogP contribution in [0, 0.1) is 11.3 Å². The highest BCUT2D eigenvalue weighted by Gasteiger charge is 2.06. The third-order valence-electron chi connectivity index (χ3n) is 2.77. The first-order valence-corrected chi connectivity index (χ1v) is 6.10. The fraction of sp³-hybridized carbons (Fsp3) is 0.200. The van der Waals surface area contributed by atoms with E-state index in [2.05, 4.69) is 16.4 Å². The number of hydrogen-bond donors (Lipinski definition) is 1. The molecule has 0 amide bonds. The molecule has 0 aliphatic heterocycles. The summed E-state index contributed by atoms with van der Waals surface area (Å²) in [6.45, 7) is 0.331. The summed E-state index contributed by atoms with van der Waals surface area (Å²) < 4.78 is 10.9. The number of pyridine rings is 1. The molecule has 0 saturated carbocycles. The minimum absolute atomic E-state index is 0.331. The Morgan fingerprint density at radius 1 is 1.25 bits per heavy atom.